The van der Waals surface area contributed by atoms with Crippen molar-refractivity contribution in [3.63, 3.8) is 0 Å². The maximum atomic E-state index is 5.70. The number of hydrogen-bond acceptors (Lipinski definition) is 4. The summed E-state index contributed by atoms with van der Waals surface area (Å²) in [6, 6.07) is 0.0707. The molecule has 2 rings (SSSR count). The molecule has 0 spiro atoms. The zero-order valence-electron chi connectivity index (χ0n) is 7.68. The van der Waals surface area contributed by atoms with Crippen molar-refractivity contribution in [2.24, 2.45) is 5.73 Å². The predicted molar refractivity (Wildman–Crippen MR) is 55.8 cm³/mol. The van der Waals surface area contributed by atoms with Gasteiger partial charge in [-0.25, -0.2) is 4.98 Å². The van der Waals surface area contributed by atoms with Gasteiger partial charge < -0.3 is 5.73 Å². The van der Waals surface area contributed by atoms with Crippen LogP contribution in [0.25, 0.3) is 5.78 Å². The van der Waals surface area contributed by atoms with Crippen molar-refractivity contribution in [1.82, 2.24) is 19.6 Å². The van der Waals surface area contributed by atoms with E-state index in [1.807, 2.05) is 17.5 Å². The summed E-state index contributed by atoms with van der Waals surface area (Å²) in [6.07, 6.45) is 4.28. The summed E-state index contributed by atoms with van der Waals surface area (Å²) in [5.74, 6) is 1.44. The second-order valence-electron chi connectivity index (χ2n) is 3.24. The van der Waals surface area contributed by atoms with Crippen molar-refractivity contribution >= 4 is 21.7 Å². The lowest BCUT2D eigenvalue weighted by atomic mass is 10.2. The van der Waals surface area contributed by atoms with Gasteiger partial charge >= 0.3 is 0 Å². The molecule has 0 radical (unpaired) electrons. The summed E-state index contributed by atoms with van der Waals surface area (Å²) in [5, 5.41) is 7.96. The molecule has 2 aromatic heterocycles. The molecule has 0 aliphatic rings. The Morgan fingerprint density at radius 2 is 2.36 bits per heavy atom. The smallest absolute Gasteiger partial charge is 0.255 e. The van der Waals surface area contributed by atoms with Crippen LogP contribution in [0.2, 0.25) is 0 Å². The molecule has 14 heavy (non-hydrogen) atoms. The number of nitrogens with zero attached hydrogens (tertiary/aromatic N) is 4. The molecule has 5 nitrogen and oxygen atoms in total. The Bertz CT molecular complexity index is 450. The minimum absolute atomic E-state index is 0.0707. The third kappa shape index (κ3) is 1.76. The van der Waals surface area contributed by atoms with Crippen LogP contribution in [-0.2, 0) is 6.42 Å². The molecular weight excluding hydrogens is 246 g/mol. The molecule has 2 aromatic rings. The first-order valence-electron chi connectivity index (χ1n) is 4.27. The Balaban J connectivity index is 2.50. The van der Waals surface area contributed by atoms with Gasteiger partial charge in [-0.15, -0.1) is 10.2 Å². The standard InChI is InChI=1S/C8H10BrN5/c1-5(10)2-7-12-13-8-11-3-6(9)4-14(7)8/h3-5H,2,10H2,1H3. The van der Waals surface area contributed by atoms with E-state index in [2.05, 4.69) is 31.1 Å². The van der Waals surface area contributed by atoms with E-state index < -0.39 is 0 Å². The van der Waals surface area contributed by atoms with Crippen molar-refractivity contribution in [1.29, 1.82) is 0 Å². The van der Waals surface area contributed by atoms with Gasteiger partial charge in [0.05, 0.1) is 4.47 Å². The molecule has 6 heteroatoms. The number of nitrogens with two attached hydrogens (primary N) is 1. The highest BCUT2D eigenvalue weighted by atomic mass is 79.9. The fraction of sp³-hybridized carbons (Fsp3) is 0.375. The summed E-state index contributed by atoms with van der Waals surface area (Å²) >= 11 is 3.35. The van der Waals surface area contributed by atoms with Crippen LogP contribution >= 0.6 is 15.9 Å². The lowest BCUT2D eigenvalue weighted by Gasteiger charge is -2.02. The molecule has 0 aliphatic carbocycles. The second kappa shape index (κ2) is 3.62. The van der Waals surface area contributed by atoms with Crippen LogP contribution in [0.15, 0.2) is 16.9 Å². The quantitative estimate of drug-likeness (QED) is 0.861. The molecule has 0 bridgehead atoms. The van der Waals surface area contributed by atoms with E-state index in [0.29, 0.717) is 12.2 Å². The SMILES string of the molecule is CC(N)Cc1nnc2ncc(Br)cn12. The van der Waals surface area contributed by atoms with Crippen LogP contribution < -0.4 is 5.73 Å². The lowest BCUT2D eigenvalue weighted by Crippen LogP contribution is -2.19. The highest BCUT2D eigenvalue weighted by molar-refractivity contribution is 9.10. The monoisotopic (exact) mass is 255 g/mol. The summed E-state index contributed by atoms with van der Waals surface area (Å²) in [6.45, 7) is 1.94. The van der Waals surface area contributed by atoms with Gasteiger partial charge in [-0.1, -0.05) is 0 Å². The number of rotatable bonds is 2. The highest BCUT2D eigenvalue weighted by Crippen LogP contribution is 2.10. The third-order valence-corrected chi connectivity index (χ3v) is 2.22. The Morgan fingerprint density at radius 3 is 3.07 bits per heavy atom. The van der Waals surface area contributed by atoms with E-state index in [1.54, 1.807) is 6.20 Å². The molecule has 74 valence electrons. The van der Waals surface area contributed by atoms with Crippen LogP contribution in [0.3, 0.4) is 0 Å². The Labute approximate surface area is 89.5 Å². The maximum Gasteiger partial charge on any atom is 0.255 e. The first kappa shape index (κ1) is 9.54. The Hall–Kier alpha value is -1.01. The Morgan fingerprint density at radius 1 is 1.57 bits per heavy atom. The van der Waals surface area contributed by atoms with Gasteiger partial charge in [-0.3, -0.25) is 4.40 Å². The van der Waals surface area contributed by atoms with Gasteiger partial charge in [-0.2, -0.15) is 0 Å². The molecular formula is C8H10BrN5. The van der Waals surface area contributed by atoms with Gasteiger partial charge in [0, 0.05) is 24.9 Å². The minimum atomic E-state index is 0.0707. The van der Waals surface area contributed by atoms with Gasteiger partial charge in [-0.05, 0) is 22.9 Å². The topological polar surface area (TPSA) is 69.1 Å². The van der Waals surface area contributed by atoms with E-state index in [1.165, 1.54) is 0 Å². The zero-order chi connectivity index (χ0) is 10.1. The summed E-state index contributed by atoms with van der Waals surface area (Å²) in [5.41, 5.74) is 5.70. The normalized spacial score (nSPS) is 13.4. The summed E-state index contributed by atoms with van der Waals surface area (Å²) in [4.78, 5) is 4.11. The van der Waals surface area contributed by atoms with Crippen LogP contribution in [-0.4, -0.2) is 25.6 Å². The number of aromatic nitrogens is 4. The van der Waals surface area contributed by atoms with Gasteiger partial charge in [0.15, 0.2) is 0 Å². The molecule has 0 amide bonds. The molecule has 0 fully saturated rings. The minimum Gasteiger partial charge on any atom is -0.328 e. The summed E-state index contributed by atoms with van der Waals surface area (Å²) in [7, 11) is 0. The zero-order valence-corrected chi connectivity index (χ0v) is 9.27. The van der Waals surface area contributed by atoms with Gasteiger partial charge in [0.2, 0.25) is 0 Å². The first-order valence-corrected chi connectivity index (χ1v) is 5.07. The van der Waals surface area contributed by atoms with Crippen LogP contribution in [0.4, 0.5) is 0 Å². The molecule has 0 aliphatic heterocycles. The molecule has 0 aromatic carbocycles. The molecule has 0 saturated carbocycles. The molecule has 1 atom stereocenters. The van der Waals surface area contributed by atoms with Crippen LogP contribution in [0.5, 0.6) is 0 Å². The first-order chi connectivity index (χ1) is 6.66. The fourth-order valence-corrected chi connectivity index (χ4v) is 1.54. The van der Waals surface area contributed by atoms with E-state index in [9.17, 15) is 0 Å². The third-order valence-electron chi connectivity index (χ3n) is 1.81. The van der Waals surface area contributed by atoms with Crippen LogP contribution in [0, 0.1) is 0 Å². The largest absolute Gasteiger partial charge is 0.328 e. The molecule has 0 saturated heterocycles. The maximum absolute atomic E-state index is 5.70. The number of fused-ring (bicyclic) bond motifs is 1. The van der Waals surface area contributed by atoms with Crippen LogP contribution in [0.1, 0.15) is 12.7 Å². The summed E-state index contributed by atoms with van der Waals surface area (Å²) < 4.78 is 2.74. The van der Waals surface area contributed by atoms with Crippen molar-refractivity contribution in [3.8, 4) is 0 Å². The fourth-order valence-electron chi connectivity index (χ4n) is 1.24. The lowest BCUT2D eigenvalue weighted by molar-refractivity contribution is 0.694. The average Bonchev–Trinajstić information content (AvgIpc) is 2.47. The van der Waals surface area contributed by atoms with Gasteiger partial charge in [0.25, 0.3) is 5.78 Å². The predicted octanol–water partition coefficient (Wildman–Crippen LogP) is 0.776. The van der Waals surface area contributed by atoms with E-state index in [4.69, 9.17) is 5.73 Å². The molecule has 1 unspecified atom stereocenters. The van der Waals surface area contributed by atoms with Gasteiger partial charge in [0.1, 0.15) is 5.82 Å². The van der Waals surface area contributed by atoms with Crippen molar-refractivity contribution in [2.45, 2.75) is 19.4 Å². The van der Waals surface area contributed by atoms with Crippen molar-refractivity contribution < 1.29 is 0 Å². The average molecular weight is 256 g/mol. The second-order valence-corrected chi connectivity index (χ2v) is 4.16. The molecule has 2 N–H and O–H groups in total. The van der Waals surface area contributed by atoms with Crippen molar-refractivity contribution in [2.75, 3.05) is 0 Å². The number of halogens is 1. The van der Waals surface area contributed by atoms with E-state index >= 15 is 0 Å². The highest BCUT2D eigenvalue weighted by Gasteiger charge is 2.08. The molecule has 2 heterocycles. The van der Waals surface area contributed by atoms with E-state index in [0.717, 1.165) is 10.3 Å². The Kier molecular flexibility index (Phi) is 2.47. The van der Waals surface area contributed by atoms with Crippen molar-refractivity contribution in [3.05, 3.63) is 22.7 Å². The van der Waals surface area contributed by atoms with E-state index in [-0.39, 0.29) is 6.04 Å². The number of hydrogen-bond donors (Lipinski definition) is 1.